The highest BCUT2D eigenvalue weighted by Gasteiger charge is 2.36. The summed E-state index contributed by atoms with van der Waals surface area (Å²) in [5, 5.41) is 0. The number of ether oxygens (including phenoxy) is 1. The number of aromatic nitrogens is 1. The molecule has 162 valence electrons. The van der Waals surface area contributed by atoms with Crippen molar-refractivity contribution in [1.29, 1.82) is 0 Å². The van der Waals surface area contributed by atoms with Crippen LogP contribution in [0.3, 0.4) is 0 Å². The Hall–Kier alpha value is -2.47. The van der Waals surface area contributed by atoms with Gasteiger partial charge < -0.3 is 19.1 Å². The highest BCUT2D eigenvalue weighted by atomic mass is 16.5. The van der Waals surface area contributed by atoms with Crippen molar-refractivity contribution in [3.8, 4) is 5.75 Å². The van der Waals surface area contributed by atoms with E-state index in [9.17, 15) is 4.79 Å². The zero-order valence-corrected chi connectivity index (χ0v) is 18.7. The van der Waals surface area contributed by atoms with Gasteiger partial charge in [-0.25, -0.2) is 0 Å². The minimum absolute atomic E-state index is 0.208. The van der Waals surface area contributed by atoms with E-state index < -0.39 is 0 Å². The summed E-state index contributed by atoms with van der Waals surface area (Å²) in [5.74, 6) is 1.14. The summed E-state index contributed by atoms with van der Waals surface area (Å²) in [6.07, 6.45) is 4.11. The number of methoxy groups -OCH3 is 1. The van der Waals surface area contributed by atoms with Crippen molar-refractivity contribution in [2.75, 3.05) is 51.3 Å². The molecule has 0 spiro atoms. The summed E-state index contributed by atoms with van der Waals surface area (Å²) in [4.78, 5) is 20.3. The third-order valence-electron chi connectivity index (χ3n) is 6.58. The standard InChI is InChI=1S/C24H34N4O2/c1-5-11-28-12-10-20(23-22(24(28)29)18(2)17-25(23)3)27-15-13-26(14-16-27)19-8-6-7-9-21(19)30-4/h6-9,17,20H,5,10-16H2,1-4H3. The first-order chi connectivity index (χ1) is 14.5. The average molecular weight is 411 g/mol. The van der Waals surface area contributed by atoms with Gasteiger partial charge in [-0.05, 0) is 37.5 Å². The molecule has 1 fully saturated rings. The Morgan fingerprint density at radius 1 is 1.10 bits per heavy atom. The number of carbonyl (C=O) groups excluding carboxylic acids is 1. The summed E-state index contributed by atoms with van der Waals surface area (Å²) in [5.41, 5.74) is 4.39. The Morgan fingerprint density at radius 2 is 1.83 bits per heavy atom. The molecule has 2 aromatic rings. The first-order valence-electron chi connectivity index (χ1n) is 11.1. The number of nitrogens with zero attached hydrogens (tertiary/aromatic N) is 4. The molecule has 6 nitrogen and oxygen atoms in total. The number of carbonyl (C=O) groups is 1. The van der Waals surface area contributed by atoms with Crippen molar-refractivity contribution in [2.24, 2.45) is 7.05 Å². The smallest absolute Gasteiger partial charge is 0.256 e. The summed E-state index contributed by atoms with van der Waals surface area (Å²) >= 11 is 0. The normalized spacial score (nSPS) is 20.3. The zero-order chi connectivity index (χ0) is 21.3. The molecule has 1 saturated heterocycles. The van der Waals surface area contributed by atoms with E-state index in [2.05, 4.69) is 58.5 Å². The number of benzene rings is 1. The second-order valence-corrected chi connectivity index (χ2v) is 8.47. The molecule has 0 saturated carbocycles. The number of rotatable bonds is 5. The molecule has 2 aliphatic rings. The number of piperazine rings is 1. The van der Waals surface area contributed by atoms with E-state index in [1.807, 2.05) is 12.1 Å². The second-order valence-electron chi connectivity index (χ2n) is 8.47. The quantitative estimate of drug-likeness (QED) is 0.757. The zero-order valence-electron chi connectivity index (χ0n) is 18.7. The predicted octanol–water partition coefficient (Wildman–Crippen LogP) is 3.46. The highest BCUT2D eigenvalue weighted by molar-refractivity contribution is 5.97. The maximum atomic E-state index is 13.3. The lowest BCUT2D eigenvalue weighted by Gasteiger charge is -2.40. The number of para-hydroxylation sites is 2. The number of anilines is 1. The summed E-state index contributed by atoms with van der Waals surface area (Å²) in [6, 6.07) is 8.54. The lowest BCUT2D eigenvalue weighted by Crippen LogP contribution is -2.48. The minimum atomic E-state index is 0.208. The van der Waals surface area contributed by atoms with E-state index in [4.69, 9.17) is 4.74 Å². The Labute approximate surface area is 180 Å². The van der Waals surface area contributed by atoms with Crippen LogP contribution in [0.5, 0.6) is 5.75 Å². The van der Waals surface area contributed by atoms with Crippen molar-refractivity contribution in [1.82, 2.24) is 14.4 Å². The fourth-order valence-corrected chi connectivity index (χ4v) is 5.16. The molecule has 1 unspecified atom stereocenters. The molecule has 1 atom stereocenters. The van der Waals surface area contributed by atoms with Gasteiger partial charge in [0.1, 0.15) is 5.75 Å². The van der Waals surface area contributed by atoms with Crippen LogP contribution in [0.1, 0.15) is 47.4 Å². The Morgan fingerprint density at radius 3 is 2.53 bits per heavy atom. The molecule has 4 rings (SSSR count). The van der Waals surface area contributed by atoms with E-state index >= 15 is 0 Å². The number of hydrogen-bond donors (Lipinski definition) is 0. The molecule has 6 heteroatoms. The van der Waals surface area contributed by atoms with Gasteiger partial charge >= 0.3 is 0 Å². The van der Waals surface area contributed by atoms with Crippen molar-refractivity contribution >= 4 is 11.6 Å². The van der Waals surface area contributed by atoms with Crippen molar-refractivity contribution < 1.29 is 9.53 Å². The molecule has 1 amide bonds. The van der Waals surface area contributed by atoms with Crippen molar-refractivity contribution in [3.05, 3.63) is 47.3 Å². The van der Waals surface area contributed by atoms with Crippen LogP contribution in [0, 0.1) is 6.92 Å². The largest absolute Gasteiger partial charge is 0.495 e. The molecule has 0 N–H and O–H groups in total. The van der Waals surface area contributed by atoms with E-state index in [-0.39, 0.29) is 11.9 Å². The van der Waals surface area contributed by atoms with Crippen LogP contribution in [0.4, 0.5) is 5.69 Å². The highest BCUT2D eigenvalue weighted by Crippen LogP contribution is 2.36. The Bertz CT molecular complexity index is 899. The van der Waals surface area contributed by atoms with Crippen LogP contribution in [-0.2, 0) is 7.05 Å². The van der Waals surface area contributed by atoms with Gasteiger partial charge in [-0.1, -0.05) is 19.1 Å². The van der Waals surface area contributed by atoms with Gasteiger partial charge in [-0.15, -0.1) is 0 Å². The monoisotopic (exact) mass is 410 g/mol. The van der Waals surface area contributed by atoms with Gasteiger partial charge in [0.05, 0.1) is 24.4 Å². The molecule has 0 aliphatic carbocycles. The van der Waals surface area contributed by atoms with Crippen molar-refractivity contribution in [2.45, 2.75) is 32.7 Å². The van der Waals surface area contributed by atoms with Crippen LogP contribution in [0.15, 0.2) is 30.5 Å². The molecular formula is C24H34N4O2. The second kappa shape index (κ2) is 8.72. The summed E-state index contributed by atoms with van der Waals surface area (Å²) in [6.45, 7) is 9.76. The molecule has 30 heavy (non-hydrogen) atoms. The fourth-order valence-electron chi connectivity index (χ4n) is 5.16. The van der Waals surface area contributed by atoms with Crippen LogP contribution < -0.4 is 9.64 Å². The van der Waals surface area contributed by atoms with E-state index in [1.165, 1.54) is 11.4 Å². The lowest BCUT2D eigenvalue weighted by atomic mass is 10.0. The fraction of sp³-hybridized carbons (Fsp3) is 0.542. The van der Waals surface area contributed by atoms with Crippen LogP contribution in [0.25, 0.3) is 0 Å². The number of hydrogen-bond acceptors (Lipinski definition) is 4. The molecule has 0 radical (unpaired) electrons. The van der Waals surface area contributed by atoms with E-state index in [1.54, 1.807) is 7.11 Å². The van der Waals surface area contributed by atoms with E-state index in [0.717, 1.165) is 69.0 Å². The molecule has 3 heterocycles. The van der Waals surface area contributed by atoms with Gasteiger partial charge in [0.15, 0.2) is 0 Å². The third-order valence-corrected chi connectivity index (χ3v) is 6.58. The maximum absolute atomic E-state index is 13.3. The van der Waals surface area contributed by atoms with Crippen LogP contribution >= 0.6 is 0 Å². The summed E-state index contributed by atoms with van der Waals surface area (Å²) in [7, 11) is 3.83. The summed E-state index contributed by atoms with van der Waals surface area (Å²) < 4.78 is 7.76. The Balaban J connectivity index is 1.56. The average Bonchev–Trinajstić information content (AvgIpc) is 2.97. The van der Waals surface area contributed by atoms with Gasteiger partial charge in [0.2, 0.25) is 0 Å². The van der Waals surface area contributed by atoms with Gasteiger partial charge in [0.25, 0.3) is 5.91 Å². The third kappa shape index (κ3) is 3.69. The predicted molar refractivity (Wildman–Crippen MR) is 120 cm³/mol. The molecule has 1 aromatic heterocycles. The Kier molecular flexibility index (Phi) is 6.04. The van der Waals surface area contributed by atoms with Gasteiger partial charge in [0, 0.05) is 58.2 Å². The first kappa shape index (κ1) is 20.8. The number of amides is 1. The van der Waals surface area contributed by atoms with Gasteiger partial charge in [-0.3, -0.25) is 9.69 Å². The van der Waals surface area contributed by atoms with Gasteiger partial charge in [-0.2, -0.15) is 0 Å². The van der Waals surface area contributed by atoms with E-state index in [0.29, 0.717) is 0 Å². The SMILES string of the molecule is CCCN1CCC(N2CCN(c3ccccc3OC)CC2)c2c(c(C)cn2C)C1=O. The lowest BCUT2D eigenvalue weighted by molar-refractivity contribution is 0.0751. The first-order valence-corrected chi connectivity index (χ1v) is 11.1. The molecule has 2 aliphatic heterocycles. The van der Waals surface area contributed by atoms with Crippen LogP contribution in [0.2, 0.25) is 0 Å². The topological polar surface area (TPSA) is 41.0 Å². The molecule has 1 aromatic carbocycles. The number of fused-ring (bicyclic) bond motifs is 1. The van der Waals surface area contributed by atoms with Crippen molar-refractivity contribution in [3.63, 3.8) is 0 Å². The van der Waals surface area contributed by atoms with Crippen LogP contribution in [-0.4, -0.2) is 66.7 Å². The number of aryl methyl sites for hydroxylation is 2. The minimum Gasteiger partial charge on any atom is -0.495 e. The maximum Gasteiger partial charge on any atom is 0.256 e. The molecule has 0 bridgehead atoms. The molecular weight excluding hydrogens is 376 g/mol.